The quantitative estimate of drug-likeness (QED) is 0.421. The van der Waals surface area contributed by atoms with Gasteiger partial charge >= 0.3 is 0 Å². The molecule has 3 N–H and O–H groups in total. The van der Waals surface area contributed by atoms with Crippen molar-refractivity contribution in [3.8, 4) is 0 Å². The van der Waals surface area contributed by atoms with E-state index in [0.717, 1.165) is 32.0 Å². The fourth-order valence-electron chi connectivity index (χ4n) is 2.28. The highest BCUT2D eigenvalue weighted by atomic mass is 15.2. The predicted octanol–water partition coefficient (Wildman–Crippen LogP) is 1.57. The van der Waals surface area contributed by atoms with E-state index >= 15 is 0 Å². The van der Waals surface area contributed by atoms with Gasteiger partial charge in [-0.25, -0.2) is 0 Å². The zero-order valence-electron chi connectivity index (χ0n) is 11.4. The third-order valence-electron chi connectivity index (χ3n) is 3.37. The summed E-state index contributed by atoms with van der Waals surface area (Å²) < 4.78 is 0. The van der Waals surface area contributed by atoms with E-state index in [2.05, 4.69) is 29.1 Å². The zero-order chi connectivity index (χ0) is 12.5. The molecule has 1 fully saturated rings. The molecule has 0 aliphatic carbocycles. The van der Waals surface area contributed by atoms with E-state index in [1.54, 1.807) is 0 Å². The Morgan fingerprint density at radius 2 is 2.29 bits per heavy atom. The molecule has 1 saturated heterocycles. The maximum atomic E-state index is 5.73. The summed E-state index contributed by atoms with van der Waals surface area (Å²) >= 11 is 0. The molecule has 100 valence electrons. The van der Waals surface area contributed by atoms with Crippen LogP contribution in [0.4, 0.5) is 0 Å². The standard InChI is InChI=1S/C13H28N4/c1-3-8-15-13(14)16-9-6-11-17-10-5-4-7-12(17)2/h12H,3-11H2,1-2H3,(H3,14,15,16). The van der Waals surface area contributed by atoms with Crippen molar-refractivity contribution in [3.63, 3.8) is 0 Å². The zero-order valence-corrected chi connectivity index (χ0v) is 11.4. The first-order valence-corrected chi connectivity index (χ1v) is 7.02. The maximum Gasteiger partial charge on any atom is 0.188 e. The van der Waals surface area contributed by atoms with Gasteiger partial charge in [-0.3, -0.25) is 4.99 Å². The lowest BCUT2D eigenvalue weighted by molar-refractivity contribution is 0.159. The van der Waals surface area contributed by atoms with Gasteiger partial charge in [0, 0.05) is 25.7 Å². The molecule has 4 nitrogen and oxygen atoms in total. The number of aliphatic imine (C=N–C) groups is 1. The number of hydrogen-bond acceptors (Lipinski definition) is 2. The van der Waals surface area contributed by atoms with Crippen molar-refractivity contribution < 1.29 is 0 Å². The molecule has 0 saturated carbocycles. The second-order valence-electron chi connectivity index (χ2n) is 4.93. The van der Waals surface area contributed by atoms with Crippen LogP contribution >= 0.6 is 0 Å². The van der Waals surface area contributed by atoms with Crippen LogP contribution in [0.3, 0.4) is 0 Å². The monoisotopic (exact) mass is 240 g/mol. The summed E-state index contributed by atoms with van der Waals surface area (Å²) in [6.07, 6.45) is 6.30. The average Bonchev–Trinajstić information content (AvgIpc) is 2.34. The number of hydrogen-bond donors (Lipinski definition) is 2. The molecular weight excluding hydrogens is 212 g/mol. The third kappa shape index (κ3) is 5.91. The van der Waals surface area contributed by atoms with Gasteiger partial charge in [-0.15, -0.1) is 0 Å². The number of piperidine rings is 1. The summed E-state index contributed by atoms with van der Waals surface area (Å²) in [5, 5.41) is 3.17. The van der Waals surface area contributed by atoms with Gasteiger partial charge in [0.2, 0.25) is 0 Å². The summed E-state index contributed by atoms with van der Waals surface area (Å²) in [7, 11) is 0. The number of nitrogens with two attached hydrogens (primary N) is 1. The maximum absolute atomic E-state index is 5.73. The highest BCUT2D eigenvalue weighted by Gasteiger charge is 2.16. The fraction of sp³-hybridized carbons (Fsp3) is 0.923. The molecule has 1 aliphatic rings. The topological polar surface area (TPSA) is 53.6 Å². The Bertz CT molecular complexity index is 227. The molecule has 1 unspecified atom stereocenters. The van der Waals surface area contributed by atoms with Gasteiger partial charge in [0.25, 0.3) is 0 Å². The van der Waals surface area contributed by atoms with Gasteiger partial charge < -0.3 is 16.0 Å². The van der Waals surface area contributed by atoms with Crippen molar-refractivity contribution in [1.82, 2.24) is 10.2 Å². The van der Waals surface area contributed by atoms with E-state index in [4.69, 9.17) is 5.73 Å². The molecule has 1 aliphatic heterocycles. The van der Waals surface area contributed by atoms with Crippen molar-refractivity contribution >= 4 is 5.96 Å². The predicted molar refractivity (Wildman–Crippen MR) is 74.3 cm³/mol. The fourth-order valence-corrected chi connectivity index (χ4v) is 2.28. The Balaban J connectivity index is 2.07. The van der Waals surface area contributed by atoms with Gasteiger partial charge in [0.15, 0.2) is 5.96 Å². The number of nitrogens with zero attached hydrogens (tertiary/aromatic N) is 2. The summed E-state index contributed by atoms with van der Waals surface area (Å²) in [5.74, 6) is 0.596. The van der Waals surface area contributed by atoms with Crippen LogP contribution in [-0.2, 0) is 0 Å². The number of guanidine groups is 1. The third-order valence-corrected chi connectivity index (χ3v) is 3.37. The largest absolute Gasteiger partial charge is 0.370 e. The highest BCUT2D eigenvalue weighted by molar-refractivity contribution is 5.77. The molecule has 0 radical (unpaired) electrons. The lowest BCUT2D eigenvalue weighted by Gasteiger charge is -2.33. The molecular formula is C13H28N4. The van der Waals surface area contributed by atoms with Crippen LogP contribution in [-0.4, -0.2) is 43.1 Å². The molecule has 0 spiro atoms. The number of nitrogens with one attached hydrogen (secondary N) is 1. The first-order chi connectivity index (χ1) is 8.24. The first-order valence-electron chi connectivity index (χ1n) is 7.02. The molecule has 1 rings (SSSR count). The van der Waals surface area contributed by atoms with Crippen LogP contribution in [0.25, 0.3) is 0 Å². The van der Waals surface area contributed by atoms with E-state index in [1.165, 1.54) is 32.4 Å². The lowest BCUT2D eigenvalue weighted by atomic mass is 10.0. The van der Waals surface area contributed by atoms with Crippen molar-refractivity contribution in [2.24, 2.45) is 10.7 Å². The molecule has 17 heavy (non-hydrogen) atoms. The molecule has 0 aromatic rings. The molecule has 0 aromatic heterocycles. The highest BCUT2D eigenvalue weighted by Crippen LogP contribution is 2.15. The van der Waals surface area contributed by atoms with E-state index in [9.17, 15) is 0 Å². The van der Waals surface area contributed by atoms with Crippen LogP contribution in [0.1, 0.15) is 46.0 Å². The van der Waals surface area contributed by atoms with Crippen molar-refractivity contribution in [1.29, 1.82) is 0 Å². The normalized spacial score (nSPS) is 22.7. The van der Waals surface area contributed by atoms with Crippen LogP contribution < -0.4 is 11.1 Å². The Morgan fingerprint density at radius 3 is 3.00 bits per heavy atom. The van der Waals surface area contributed by atoms with E-state index in [-0.39, 0.29) is 0 Å². The van der Waals surface area contributed by atoms with Crippen LogP contribution in [0.15, 0.2) is 4.99 Å². The molecule has 0 aromatic carbocycles. The minimum Gasteiger partial charge on any atom is -0.370 e. The number of rotatable bonds is 6. The minimum absolute atomic E-state index is 0.596. The van der Waals surface area contributed by atoms with Crippen molar-refractivity contribution in [2.75, 3.05) is 26.2 Å². The second-order valence-corrected chi connectivity index (χ2v) is 4.93. The Hall–Kier alpha value is -0.770. The summed E-state index contributed by atoms with van der Waals surface area (Å²) in [5.41, 5.74) is 5.73. The molecule has 4 heteroatoms. The molecule has 0 amide bonds. The Morgan fingerprint density at radius 1 is 1.47 bits per heavy atom. The number of likely N-dealkylation sites (tertiary alicyclic amines) is 1. The van der Waals surface area contributed by atoms with Gasteiger partial charge in [0.1, 0.15) is 0 Å². The average molecular weight is 240 g/mol. The summed E-state index contributed by atoms with van der Waals surface area (Å²) in [6, 6.07) is 0.759. The van der Waals surface area contributed by atoms with Gasteiger partial charge in [-0.2, -0.15) is 0 Å². The molecule has 1 atom stereocenters. The second kappa shape index (κ2) is 8.34. The Labute approximate surface area is 106 Å². The minimum atomic E-state index is 0.596. The molecule has 0 bridgehead atoms. The van der Waals surface area contributed by atoms with E-state index in [1.807, 2.05) is 0 Å². The summed E-state index contributed by atoms with van der Waals surface area (Å²) in [4.78, 5) is 6.80. The van der Waals surface area contributed by atoms with Crippen LogP contribution in [0.5, 0.6) is 0 Å². The van der Waals surface area contributed by atoms with Gasteiger partial charge in [-0.05, 0) is 39.2 Å². The Kier molecular flexibility index (Phi) is 7.01. The van der Waals surface area contributed by atoms with E-state index < -0.39 is 0 Å². The van der Waals surface area contributed by atoms with Crippen LogP contribution in [0.2, 0.25) is 0 Å². The van der Waals surface area contributed by atoms with Crippen molar-refractivity contribution in [2.45, 2.75) is 52.0 Å². The SMILES string of the molecule is CCCN=C(N)NCCCN1CCCCC1C. The van der Waals surface area contributed by atoms with Crippen molar-refractivity contribution in [3.05, 3.63) is 0 Å². The van der Waals surface area contributed by atoms with Crippen LogP contribution in [0, 0.1) is 0 Å². The summed E-state index contributed by atoms with van der Waals surface area (Å²) in [6.45, 7) is 8.64. The smallest absolute Gasteiger partial charge is 0.188 e. The van der Waals surface area contributed by atoms with E-state index in [0.29, 0.717) is 5.96 Å². The molecule has 1 heterocycles. The lowest BCUT2D eigenvalue weighted by Crippen LogP contribution is -2.40. The van der Waals surface area contributed by atoms with Gasteiger partial charge in [-0.1, -0.05) is 13.3 Å². The van der Waals surface area contributed by atoms with Gasteiger partial charge in [0.05, 0.1) is 0 Å². The first kappa shape index (κ1) is 14.3.